The van der Waals surface area contributed by atoms with Gasteiger partial charge in [0, 0.05) is 64.0 Å². The summed E-state index contributed by atoms with van der Waals surface area (Å²) in [5.41, 5.74) is 2.65. The number of rotatable bonds is 9. The summed E-state index contributed by atoms with van der Waals surface area (Å²) in [6.45, 7) is 9.36. The van der Waals surface area contributed by atoms with Gasteiger partial charge in [0.05, 0.1) is 12.2 Å². The topological polar surface area (TPSA) is 89.2 Å². The fourth-order valence-corrected chi connectivity index (χ4v) is 3.56. The van der Waals surface area contributed by atoms with Crippen LogP contribution in [0.4, 0.5) is 0 Å². The zero-order valence-electron chi connectivity index (χ0n) is 19.8. The first-order valence-electron chi connectivity index (χ1n) is 11.2. The van der Waals surface area contributed by atoms with Crippen LogP contribution in [0.3, 0.4) is 0 Å². The molecule has 2 N–H and O–H groups in total. The Morgan fingerprint density at radius 3 is 2.64 bits per heavy atom. The number of carbonyl (C=O) groups excluding carboxylic acids is 1. The molecule has 1 amide bonds. The zero-order chi connectivity index (χ0) is 22.8. The van der Waals surface area contributed by atoms with E-state index in [9.17, 15) is 4.79 Å². The van der Waals surface area contributed by atoms with Crippen molar-refractivity contribution in [1.82, 2.24) is 30.5 Å². The van der Waals surface area contributed by atoms with Crippen LogP contribution in [0.2, 0.25) is 0 Å². The van der Waals surface area contributed by atoms with Gasteiger partial charge in [-0.05, 0) is 38.7 Å². The number of aliphatic imine (C=N–C) groups is 1. The molecule has 1 fully saturated rings. The molecule has 0 spiro atoms. The third-order valence-electron chi connectivity index (χ3n) is 5.33. The van der Waals surface area contributed by atoms with Crippen LogP contribution in [0.15, 0.2) is 46.1 Å². The predicted octanol–water partition coefficient (Wildman–Crippen LogP) is 1.87. The molecule has 10 heteroatoms. The second kappa shape index (κ2) is 14.2. The van der Waals surface area contributed by atoms with Crippen molar-refractivity contribution < 1.29 is 9.32 Å². The number of aromatic nitrogens is 1. The van der Waals surface area contributed by atoms with Crippen LogP contribution in [0, 0.1) is 0 Å². The summed E-state index contributed by atoms with van der Waals surface area (Å²) in [5, 5.41) is 10.4. The first-order valence-corrected chi connectivity index (χ1v) is 11.2. The van der Waals surface area contributed by atoms with Gasteiger partial charge in [-0.15, -0.1) is 24.0 Å². The van der Waals surface area contributed by atoms with Gasteiger partial charge in [-0.25, -0.2) is 4.99 Å². The number of amides is 1. The van der Waals surface area contributed by atoms with Gasteiger partial charge in [0.1, 0.15) is 6.26 Å². The summed E-state index contributed by atoms with van der Waals surface area (Å²) < 4.78 is 4.93. The number of nitrogens with one attached hydrogen (secondary N) is 2. The normalized spacial score (nSPS) is 14.8. The Balaban J connectivity index is 0.00000385. The Morgan fingerprint density at radius 2 is 1.97 bits per heavy atom. The van der Waals surface area contributed by atoms with Gasteiger partial charge in [-0.1, -0.05) is 17.3 Å². The van der Waals surface area contributed by atoms with Crippen LogP contribution in [-0.4, -0.2) is 91.6 Å². The molecule has 2 aromatic rings. The minimum atomic E-state index is -0.0483. The quantitative estimate of drug-likeness (QED) is 0.271. The molecule has 3 rings (SSSR count). The van der Waals surface area contributed by atoms with Crippen LogP contribution < -0.4 is 10.6 Å². The van der Waals surface area contributed by atoms with Gasteiger partial charge in [0.15, 0.2) is 5.96 Å². The Kier molecular flexibility index (Phi) is 11.6. The summed E-state index contributed by atoms with van der Waals surface area (Å²) in [4.78, 5) is 24.0. The summed E-state index contributed by atoms with van der Waals surface area (Å²) in [7, 11) is 3.98. The maximum absolute atomic E-state index is 12.4. The van der Waals surface area contributed by atoms with Gasteiger partial charge in [0.2, 0.25) is 0 Å². The van der Waals surface area contributed by atoms with Gasteiger partial charge >= 0.3 is 0 Å². The van der Waals surface area contributed by atoms with Crippen LogP contribution in [0.5, 0.6) is 0 Å². The number of nitrogens with zero attached hydrogens (tertiary/aromatic N) is 5. The molecule has 0 aliphatic carbocycles. The van der Waals surface area contributed by atoms with E-state index in [2.05, 4.69) is 32.5 Å². The fraction of sp³-hybridized carbons (Fsp3) is 0.522. The van der Waals surface area contributed by atoms with E-state index in [1.807, 2.05) is 49.3 Å². The van der Waals surface area contributed by atoms with E-state index >= 15 is 0 Å². The number of hydrogen-bond acceptors (Lipinski definition) is 6. The Morgan fingerprint density at radius 1 is 1.18 bits per heavy atom. The summed E-state index contributed by atoms with van der Waals surface area (Å²) in [6, 6.07) is 9.61. The number of halogens is 1. The lowest BCUT2D eigenvalue weighted by atomic mass is 10.1. The third kappa shape index (κ3) is 8.94. The first-order chi connectivity index (χ1) is 15.5. The van der Waals surface area contributed by atoms with Gasteiger partial charge in [-0.3, -0.25) is 9.69 Å². The van der Waals surface area contributed by atoms with Crippen LogP contribution in [-0.2, 0) is 13.1 Å². The molecule has 1 saturated heterocycles. The molecule has 1 aliphatic heterocycles. The van der Waals surface area contributed by atoms with Gasteiger partial charge in [-0.2, -0.15) is 0 Å². The number of piperazine rings is 1. The second-order valence-electron chi connectivity index (χ2n) is 8.18. The van der Waals surface area contributed by atoms with E-state index in [1.54, 1.807) is 6.26 Å². The molecule has 0 bridgehead atoms. The molecule has 0 radical (unpaired) electrons. The molecule has 1 aromatic carbocycles. The third-order valence-corrected chi connectivity index (χ3v) is 5.33. The van der Waals surface area contributed by atoms with Crippen molar-refractivity contribution >= 4 is 35.8 Å². The smallest absolute Gasteiger partial charge is 0.251 e. The van der Waals surface area contributed by atoms with Crippen molar-refractivity contribution in [3.8, 4) is 0 Å². The maximum Gasteiger partial charge on any atom is 0.251 e. The van der Waals surface area contributed by atoms with Crippen LogP contribution in [0.1, 0.15) is 28.5 Å². The highest BCUT2D eigenvalue weighted by Gasteiger charge is 2.20. The minimum Gasteiger partial charge on any atom is -0.364 e. The van der Waals surface area contributed by atoms with E-state index in [0.717, 1.165) is 63.0 Å². The van der Waals surface area contributed by atoms with Crippen molar-refractivity contribution in [3.63, 3.8) is 0 Å². The standard InChI is InChI=1S/C23H35N7O2.HI/c1-4-24-23(30-13-11-29(12-14-30)18-21-8-15-32-27-21)26-17-19-6-5-7-20(16-19)22(31)25-9-10-28(2)3;/h5-8,15-16H,4,9-14,17-18H2,1-3H3,(H,24,26)(H,25,31);1H. The SMILES string of the molecule is CCNC(=NCc1cccc(C(=O)NCCN(C)C)c1)N1CCN(Cc2ccon2)CC1.I. The molecule has 0 saturated carbocycles. The molecule has 1 aliphatic rings. The van der Waals surface area contributed by atoms with Crippen LogP contribution >= 0.6 is 24.0 Å². The molecule has 2 heterocycles. The molecule has 0 unspecified atom stereocenters. The van der Waals surface area contributed by atoms with E-state index in [0.29, 0.717) is 18.7 Å². The van der Waals surface area contributed by atoms with E-state index < -0.39 is 0 Å². The predicted molar refractivity (Wildman–Crippen MR) is 141 cm³/mol. The molecule has 33 heavy (non-hydrogen) atoms. The Hall–Kier alpha value is -2.18. The minimum absolute atomic E-state index is 0. The number of guanidine groups is 1. The monoisotopic (exact) mass is 569 g/mol. The highest BCUT2D eigenvalue weighted by molar-refractivity contribution is 14.0. The summed E-state index contributed by atoms with van der Waals surface area (Å²) >= 11 is 0. The van der Waals surface area contributed by atoms with E-state index in [-0.39, 0.29) is 29.9 Å². The van der Waals surface area contributed by atoms with Crippen molar-refractivity contribution in [3.05, 3.63) is 53.4 Å². The van der Waals surface area contributed by atoms with Crippen molar-refractivity contribution in [2.24, 2.45) is 4.99 Å². The lowest BCUT2D eigenvalue weighted by Crippen LogP contribution is -2.52. The second-order valence-corrected chi connectivity index (χ2v) is 8.18. The number of benzene rings is 1. The fourth-order valence-electron chi connectivity index (χ4n) is 3.56. The van der Waals surface area contributed by atoms with Crippen molar-refractivity contribution in [1.29, 1.82) is 0 Å². The molecule has 0 atom stereocenters. The lowest BCUT2D eigenvalue weighted by molar-refractivity contribution is 0.0951. The first kappa shape index (κ1) is 27.1. The largest absolute Gasteiger partial charge is 0.364 e. The van der Waals surface area contributed by atoms with E-state index in [4.69, 9.17) is 9.52 Å². The number of hydrogen-bond donors (Lipinski definition) is 2. The summed E-state index contributed by atoms with van der Waals surface area (Å²) in [5.74, 6) is 0.863. The molecular weight excluding hydrogens is 533 g/mol. The van der Waals surface area contributed by atoms with Gasteiger partial charge in [0.25, 0.3) is 5.91 Å². The van der Waals surface area contributed by atoms with Crippen molar-refractivity contribution in [2.75, 3.05) is 59.9 Å². The zero-order valence-corrected chi connectivity index (χ0v) is 22.1. The Labute approximate surface area is 213 Å². The highest BCUT2D eigenvalue weighted by atomic mass is 127. The Bertz CT molecular complexity index is 865. The molecule has 182 valence electrons. The van der Waals surface area contributed by atoms with Crippen LogP contribution in [0.25, 0.3) is 0 Å². The lowest BCUT2D eigenvalue weighted by Gasteiger charge is -2.36. The maximum atomic E-state index is 12.4. The average Bonchev–Trinajstić information content (AvgIpc) is 3.30. The number of carbonyl (C=O) groups is 1. The number of likely N-dealkylation sites (N-methyl/N-ethyl adjacent to an activating group) is 1. The summed E-state index contributed by atoms with van der Waals surface area (Å²) in [6.07, 6.45) is 1.62. The average molecular weight is 569 g/mol. The van der Waals surface area contributed by atoms with Gasteiger partial charge < -0.3 is 25.0 Å². The molecule has 1 aromatic heterocycles. The molecule has 9 nitrogen and oxygen atoms in total. The highest BCUT2D eigenvalue weighted by Crippen LogP contribution is 2.10. The molecular formula is C23H36IN7O2. The van der Waals surface area contributed by atoms with E-state index in [1.165, 1.54) is 0 Å². The van der Waals surface area contributed by atoms with Crippen molar-refractivity contribution in [2.45, 2.75) is 20.0 Å².